The van der Waals surface area contributed by atoms with Crippen molar-refractivity contribution in [2.75, 3.05) is 11.5 Å². The molecule has 0 radical (unpaired) electrons. The number of nitrogens with one attached hydrogen (secondary N) is 1. The number of aromatic nitrogens is 5. The van der Waals surface area contributed by atoms with Crippen LogP contribution in [0.1, 0.15) is 52.7 Å². The second-order valence-corrected chi connectivity index (χ2v) is 21.3. The van der Waals surface area contributed by atoms with Crippen molar-refractivity contribution in [2.45, 2.75) is 116 Å². The van der Waals surface area contributed by atoms with Crippen LogP contribution in [-0.2, 0) is 36.4 Å². The summed E-state index contributed by atoms with van der Waals surface area (Å²) >= 11 is 7.11. The highest BCUT2D eigenvalue weighted by atomic mass is 35.5. The Morgan fingerprint density at radius 2 is 1.92 bits per heavy atom. The zero-order chi connectivity index (χ0) is 34.7. The summed E-state index contributed by atoms with van der Waals surface area (Å²) in [5, 5.41) is 19.5. The van der Waals surface area contributed by atoms with Gasteiger partial charge in [0.25, 0.3) is 5.56 Å². The van der Waals surface area contributed by atoms with Crippen molar-refractivity contribution < 1.29 is 19.4 Å². The highest BCUT2D eigenvalue weighted by molar-refractivity contribution is 6.76. The Morgan fingerprint density at radius 3 is 2.58 bits per heavy atom. The Bertz CT molecular complexity index is 1920. The highest BCUT2D eigenvalue weighted by Gasteiger charge is 2.49. The minimum absolute atomic E-state index is 0.0159. The number of aliphatic hydroxyl groups excluding tert-OH is 1. The van der Waals surface area contributed by atoms with Crippen LogP contribution < -0.4 is 15.8 Å². The average molecular weight is 698 g/mol. The molecule has 260 valence electrons. The van der Waals surface area contributed by atoms with E-state index in [4.69, 9.17) is 26.1 Å². The van der Waals surface area contributed by atoms with Gasteiger partial charge in [-0.3, -0.25) is 14.0 Å². The van der Waals surface area contributed by atoms with E-state index in [0.717, 1.165) is 25.3 Å². The Labute approximate surface area is 287 Å². The molecular formula is C34H48ClN7O5Si. The topological polar surface area (TPSA) is 129 Å². The number of fused-ring (bicyclic) bond motifs is 4. The first-order valence-electron chi connectivity index (χ1n) is 16.9. The molecule has 4 aromatic rings. The van der Waals surface area contributed by atoms with E-state index in [9.17, 15) is 14.7 Å². The third kappa shape index (κ3) is 6.37. The lowest BCUT2D eigenvalue weighted by Gasteiger charge is -2.28. The van der Waals surface area contributed by atoms with E-state index in [1.807, 2.05) is 50.6 Å². The molecule has 48 heavy (non-hydrogen) atoms. The summed E-state index contributed by atoms with van der Waals surface area (Å²) in [4.78, 5) is 34.5. The van der Waals surface area contributed by atoms with E-state index in [2.05, 4.69) is 35.0 Å². The van der Waals surface area contributed by atoms with E-state index >= 15 is 0 Å². The van der Waals surface area contributed by atoms with E-state index in [0.29, 0.717) is 62.9 Å². The summed E-state index contributed by atoms with van der Waals surface area (Å²) in [6, 6.07) is 4.76. The molecular weight excluding hydrogens is 650 g/mol. The molecule has 0 saturated carbocycles. The lowest BCUT2D eigenvalue weighted by molar-refractivity contribution is 0.0497. The number of carbonyl (C=O) groups excluding carboxylic acids is 1. The highest BCUT2D eigenvalue weighted by Crippen LogP contribution is 2.42. The maximum absolute atomic E-state index is 14.4. The van der Waals surface area contributed by atoms with Crippen LogP contribution in [-0.4, -0.2) is 73.5 Å². The number of hydrogen-bond acceptors (Lipinski definition) is 8. The summed E-state index contributed by atoms with van der Waals surface area (Å²) in [7, 11) is 0.435. The van der Waals surface area contributed by atoms with Crippen molar-refractivity contribution in [3.05, 3.63) is 39.4 Å². The van der Waals surface area contributed by atoms with Gasteiger partial charge < -0.3 is 29.4 Å². The SMILES string of the molecule is CCn1nc2ccc(-c3cn(COCC[Si](C)(C)C)c4nc(N5[C@H]6CC[C@@H]5[C@H](NC(=O)OC(C)(C)C)C6)n(C)c(=O)c34)c(Cl)c2c1CO. The molecule has 3 aromatic heterocycles. The van der Waals surface area contributed by atoms with E-state index in [-0.39, 0.29) is 37.0 Å². The molecule has 6 rings (SSSR count). The molecule has 2 aliphatic heterocycles. The molecule has 3 atom stereocenters. The van der Waals surface area contributed by atoms with E-state index in [1.165, 1.54) is 0 Å². The quantitative estimate of drug-likeness (QED) is 0.156. The van der Waals surface area contributed by atoms with Crippen molar-refractivity contribution in [1.82, 2.24) is 29.2 Å². The number of aliphatic hydroxyl groups is 1. The standard InChI is InChI=1S/C34H48ClN7O5Si/c1-9-41-26(18-43)28-23(38-41)12-11-21(29(28)35)22-17-40(19-46-14-15-48(6,7)8)30-27(22)31(44)39(5)32(37-30)42-20-10-13-25(42)24(16-20)36-33(45)47-34(2,3)4/h11-12,17,20,24-25,43H,9-10,13-16,18-19H2,1-8H3,(H,36,45)/t20-,24+,25+/m0/s1. The third-order valence-corrected chi connectivity index (χ3v) is 11.6. The summed E-state index contributed by atoms with van der Waals surface area (Å²) in [5.41, 5.74) is 2.34. The fourth-order valence-electron chi connectivity index (χ4n) is 7.17. The molecule has 2 bridgehead atoms. The number of nitrogens with zero attached hydrogens (tertiary/aromatic N) is 6. The number of aryl methyl sites for hydroxylation is 1. The lowest BCUT2D eigenvalue weighted by Crippen LogP contribution is -2.46. The molecule has 12 nitrogen and oxygen atoms in total. The van der Waals surface area contributed by atoms with Crippen molar-refractivity contribution in [2.24, 2.45) is 7.05 Å². The number of hydrogen-bond donors (Lipinski definition) is 2. The molecule has 1 amide bonds. The molecule has 1 aromatic carbocycles. The van der Waals surface area contributed by atoms with Gasteiger partial charge >= 0.3 is 6.09 Å². The molecule has 0 aliphatic carbocycles. The minimum Gasteiger partial charge on any atom is -0.444 e. The van der Waals surface area contributed by atoms with Gasteiger partial charge in [0.1, 0.15) is 12.3 Å². The zero-order valence-corrected chi connectivity index (χ0v) is 31.0. The van der Waals surface area contributed by atoms with Gasteiger partial charge in [-0.1, -0.05) is 37.3 Å². The second-order valence-electron chi connectivity index (χ2n) is 15.3. The predicted octanol–water partition coefficient (Wildman–Crippen LogP) is 5.86. The maximum Gasteiger partial charge on any atom is 0.407 e. The first-order chi connectivity index (χ1) is 22.6. The van der Waals surface area contributed by atoms with Gasteiger partial charge in [0.05, 0.1) is 40.3 Å². The van der Waals surface area contributed by atoms with Crippen molar-refractivity contribution >= 4 is 53.7 Å². The van der Waals surface area contributed by atoms with Gasteiger partial charge in [-0.2, -0.15) is 10.1 Å². The summed E-state index contributed by atoms with van der Waals surface area (Å²) in [6.45, 7) is 15.7. The van der Waals surface area contributed by atoms with Gasteiger partial charge in [0, 0.05) is 57.0 Å². The van der Waals surface area contributed by atoms with Gasteiger partial charge in [-0.05, 0) is 59.1 Å². The molecule has 0 spiro atoms. The lowest BCUT2D eigenvalue weighted by atomic mass is 9.96. The molecule has 2 aliphatic rings. The number of benzene rings is 1. The molecule has 2 N–H and O–H groups in total. The smallest absolute Gasteiger partial charge is 0.407 e. The van der Waals surface area contributed by atoms with Crippen LogP contribution >= 0.6 is 11.6 Å². The van der Waals surface area contributed by atoms with Crippen LogP contribution in [0.2, 0.25) is 30.7 Å². The third-order valence-electron chi connectivity index (χ3n) is 9.46. The summed E-state index contributed by atoms with van der Waals surface area (Å²) in [5.74, 6) is 0.565. The predicted molar refractivity (Wildman–Crippen MR) is 191 cm³/mol. The second kappa shape index (κ2) is 12.8. The van der Waals surface area contributed by atoms with Gasteiger partial charge in [-0.25, -0.2) is 4.79 Å². The van der Waals surface area contributed by atoms with E-state index in [1.54, 1.807) is 16.3 Å². The van der Waals surface area contributed by atoms with Crippen LogP contribution in [0.3, 0.4) is 0 Å². The van der Waals surface area contributed by atoms with Crippen molar-refractivity contribution in [3.8, 4) is 11.1 Å². The Balaban J connectivity index is 1.44. The van der Waals surface area contributed by atoms with Gasteiger partial charge in [-0.15, -0.1) is 0 Å². The molecule has 0 unspecified atom stereocenters. The molecule has 2 saturated heterocycles. The number of alkyl carbamates (subject to hydrolysis) is 1. The van der Waals surface area contributed by atoms with Gasteiger partial charge in [0.2, 0.25) is 5.95 Å². The van der Waals surface area contributed by atoms with Crippen LogP contribution in [0.5, 0.6) is 0 Å². The van der Waals surface area contributed by atoms with Crippen LogP contribution in [0, 0.1) is 0 Å². The summed E-state index contributed by atoms with van der Waals surface area (Å²) in [6.07, 6.45) is 4.04. The van der Waals surface area contributed by atoms with Crippen molar-refractivity contribution in [3.63, 3.8) is 0 Å². The van der Waals surface area contributed by atoms with Crippen LogP contribution in [0.4, 0.5) is 10.7 Å². The van der Waals surface area contributed by atoms with E-state index < -0.39 is 19.8 Å². The number of halogens is 1. The Hall–Kier alpha value is -3.39. The number of ether oxygens (including phenoxy) is 2. The minimum atomic E-state index is -1.32. The maximum atomic E-state index is 14.4. The molecule has 5 heterocycles. The fraction of sp³-hybridized carbons (Fsp3) is 0.588. The number of rotatable bonds is 10. The first-order valence-corrected chi connectivity index (χ1v) is 20.9. The largest absolute Gasteiger partial charge is 0.444 e. The molecule has 2 fully saturated rings. The fourth-order valence-corrected chi connectivity index (χ4v) is 8.29. The van der Waals surface area contributed by atoms with Crippen LogP contribution in [0.15, 0.2) is 23.1 Å². The normalized spacial score (nSPS) is 19.6. The Kier molecular flexibility index (Phi) is 9.20. The van der Waals surface area contributed by atoms with Crippen LogP contribution in [0.25, 0.3) is 33.1 Å². The number of amides is 1. The monoisotopic (exact) mass is 697 g/mol. The summed E-state index contributed by atoms with van der Waals surface area (Å²) < 4.78 is 17.0. The average Bonchev–Trinajstić information content (AvgIpc) is 3.75. The van der Waals surface area contributed by atoms with Crippen molar-refractivity contribution in [1.29, 1.82) is 0 Å². The Morgan fingerprint density at radius 1 is 1.17 bits per heavy atom. The first kappa shape index (κ1) is 34.5. The number of anilines is 1. The zero-order valence-electron chi connectivity index (χ0n) is 29.3. The number of carbonyl (C=O) groups is 1. The molecule has 14 heteroatoms. The van der Waals surface area contributed by atoms with Gasteiger partial charge in [0.15, 0.2) is 5.65 Å².